The van der Waals surface area contributed by atoms with Crippen molar-refractivity contribution in [3.63, 3.8) is 0 Å². The Labute approximate surface area is 246 Å². The molecule has 2 aliphatic rings. The maximum absolute atomic E-state index is 13.6. The number of aryl methyl sites for hydroxylation is 2. The number of primary amides is 1. The van der Waals surface area contributed by atoms with Crippen molar-refractivity contribution >= 4 is 45.8 Å². The Morgan fingerprint density at radius 3 is 2.69 bits per heavy atom. The van der Waals surface area contributed by atoms with E-state index in [2.05, 4.69) is 20.4 Å². The third kappa shape index (κ3) is 4.28. The monoisotopic (exact) mass is 581 g/mol. The van der Waals surface area contributed by atoms with Gasteiger partial charge in [0.25, 0.3) is 0 Å². The first-order chi connectivity index (χ1) is 21.6. The zero-order chi connectivity index (χ0) is 33.3. The molecule has 4 atom stereocenters. The lowest BCUT2D eigenvalue weighted by atomic mass is 10.2. The van der Waals surface area contributed by atoms with Crippen LogP contribution in [-0.4, -0.2) is 60.9 Å². The van der Waals surface area contributed by atoms with Crippen molar-refractivity contribution in [2.24, 2.45) is 18.6 Å². The number of nitrogens with two attached hydrogens (primary N) is 1. The van der Waals surface area contributed by atoms with Crippen LogP contribution in [-0.2, 0) is 33.4 Å². The standard InChI is InChI=1S/C28H35N9O5/c1-14-8-21(33-24-23(14)34-22(13-41-4)37(24)28(25(29)38)11-15(28)2)32-20-10-18-19(12-30-20)35(3)27(40)36(18)17-7-6-16(9-17)31-26(39)42-5/h8,10,12,15-17H,6-7,9,11,13H2,1-5H3,(H2,29,38)(H,31,39)(H,30,32,33)/i3D3,16D. The van der Waals surface area contributed by atoms with Crippen molar-refractivity contribution in [2.75, 3.05) is 19.5 Å². The molecule has 0 aliphatic heterocycles. The average molecular weight is 582 g/mol. The third-order valence-corrected chi connectivity index (χ3v) is 8.35. The molecule has 0 spiro atoms. The molecule has 0 radical (unpaired) electrons. The molecular formula is C28H35N9O5. The van der Waals surface area contributed by atoms with Gasteiger partial charge in [0.05, 0.1) is 25.7 Å². The Kier molecular flexibility index (Phi) is 5.57. The third-order valence-electron chi connectivity index (χ3n) is 8.35. The van der Waals surface area contributed by atoms with E-state index in [0.717, 1.165) is 5.56 Å². The van der Waals surface area contributed by atoms with Crippen LogP contribution >= 0.6 is 0 Å². The van der Waals surface area contributed by atoms with Gasteiger partial charge >= 0.3 is 11.8 Å². The molecular weight excluding hydrogens is 542 g/mol. The average Bonchev–Trinajstić information content (AvgIpc) is 3.21. The SMILES string of the molecule is [2H]C1(NC(=O)OC)CCC(n2c(=O)n(C([2H])([2H])[2H])c3cnc(Nc4cc(C)c5nc(COC)n(C6(C(N)=O)CC6C)c5n4)cc32)C1. The molecule has 0 bridgehead atoms. The second kappa shape index (κ2) is 10.1. The number of carbonyl (C=O) groups excluding carboxylic acids is 2. The van der Waals surface area contributed by atoms with E-state index in [1.807, 2.05) is 13.8 Å². The molecule has 2 saturated carbocycles. The van der Waals surface area contributed by atoms with E-state index < -0.39 is 42.3 Å². The number of amides is 2. The van der Waals surface area contributed by atoms with Crippen LogP contribution in [0.1, 0.15) is 55.5 Å². The molecule has 0 saturated heterocycles. The number of anilines is 2. The lowest BCUT2D eigenvalue weighted by molar-refractivity contribution is -0.122. The van der Waals surface area contributed by atoms with Crippen LogP contribution in [0, 0.1) is 12.8 Å². The highest BCUT2D eigenvalue weighted by atomic mass is 16.5. The Hall–Kier alpha value is -4.46. The molecule has 2 fully saturated rings. The number of rotatable bonds is 8. The minimum Gasteiger partial charge on any atom is -0.453 e. The zero-order valence-electron chi connectivity index (χ0n) is 27.7. The van der Waals surface area contributed by atoms with Gasteiger partial charge in [-0.3, -0.25) is 18.5 Å². The minimum atomic E-state index is -2.80. The van der Waals surface area contributed by atoms with Gasteiger partial charge < -0.3 is 25.8 Å². The van der Waals surface area contributed by atoms with Gasteiger partial charge in [-0.1, -0.05) is 6.92 Å². The second-order valence-corrected chi connectivity index (χ2v) is 11.0. The first-order valence-corrected chi connectivity index (χ1v) is 13.6. The van der Waals surface area contributed by atoms with Crippen LogP contribution in [0.2, 0.25) is 0 Å². The number of ether oxygens (including phenoxy) is 2. The van der Waals surface area contributed by atoms with Crippen molar-refractivity contribution in [2.45, 2.75) is 63.7 Å². The number of nitrogens with zero attached hydrogens (tertiary/aromatic N) is 6. The summed E-state index contributed by atoms with van der Waals surface area (Å²) in [5.74, 6) is 0.647. The lowest BCUT2D eigenvalue weighted by Gasteiger charge is -2.19. The minimum absolute atomic E-state index is 0.0272. The first kappa shape index (κ1) is 23.1. The summed E-state index contributed by atoms with van der Waals surface area (Å²) in [6.45, 7) is 1.15. The highest BCUT2D eigenvalue weighted by Gasteiger charge is 2.59. The molecule has 4 unspecified atom stereocenters. The molecule has 2 aliphatic carbocycles. The van der Waals surface area contributed by atoms with Gasteiger partial charge in [0.15, 0.2) is 5.65 Å². The summed E-state index contributed by atoms with van der Waals surface area (Å²) in [7, 11) is 2.74. The molecule has 4 heterocycles. The summed E-state index contributed by atoms with van der Waals surface area (Å²) >= 11 is 0. The normalized spacial score (nSPS) is 26.9. The summed E-state index contributed by atoms with van der Waals surface area (Å²) in [4.78, 5) is 52.1. The van der Waals surface area contributed by atoms with E-state index in [-0.39, 0.29) is 42.2 Å². The Morgan fingerprint density at radius 1 is 1.24 bits per heavy atom. The molecule has 0 aromatic carbocycles. The van der Waals surface area contributed by atoms with Crippen LogP contribution in [0.15, 0.2) is 23.1 Å². The molecule has 222 valence electrons. The van der Waals surface area contributed by atoms with Crippen molar-refractivity contribution in [3.8, 4) is 0 Å². The van der Waals surface area contributed by atoms with E-state index in [1.54, 1.807) is 16.7 Å². The Balaban J connectivity index is 1.44. The number of fused-ring (bicyclic) bond motifs is 2. The van der Waals surface area contributed by atoms with E-state index in [9.17, 15) is 14.4 Å². The van der Waals surface area contributed by atoms with Gasteiger partial charge in [-0.05, 0) is 50.2 Å². The predicted molar refractivity (Wildman–Crippen MR) is 154 cm³/mol. The van der Waals surface area contributed by atoms with Crippen molar-refractivity contribution < 1.29 is 24.5 Å². The van der Waals surface area contributed by atoms with Gasteiger partial charge in [0.1, 0.15) is 35.1 Å². The van der Waals surface area contributed by atoms with E-state index >= 15 is 0 Å². The number of pyridine rings is 2. The van der Waals surface area contributed by atoms with Crippen LogP contribution in [0.5, 0.6) is 0 Å². The summed E-state index contributed by atoms with van der Waals surface area (Å²) in [6, 6.07) is 1.33. The van der Waals surface area contributed by atoms with Crippen LogP contribution in [0.4, 0.5) is 16.4 Å². The molecule has 2 amide bonds. The fraction of sp³-hybridized carbons (Fsp3) is 0.500. The Morgan fingerprint density at radius 2 is 2.02 bits per heavy atom. The quantitative estimate of drug-likeness (QED) is 0.282. The number of methoxy groups -OCH3 is 2. The maximum Gasteiger partial charge on any atom is 0.407 e. The van der Waals surface area contributed by atoms with E-state index in [1.165, 1.54) is 25.0 Å². The van der Waals surface area contributed by atoms with Crippen molar-refractivity contribution in [3.05, 3.63) is 40.2 Å². The fourth-order valence-electron chi connectivity index (χ4n) is 6.15. The topological polar surface area (TPSA) is 173 Å². The number of hydrogen-bond donors (Lipinski definition) is 3. The summed E-state index contributed by atoms with van der Waals surface area (Å²) in [6.07, 6.45) is 1.69. The highest BCUT2D eigenvalue weighted by molar-refractivity contribution is 5.90. The largest absolute Gasteiger partial charge is 0.453 e. The van der Waals surface area contributed by atoms with Crippen molar-refractivity contribution in [1.29, 1.82) is 0 Å². The number of carbonyl (C=O) groups is 2. The van der Waals surface area contributed by atoms with Gasteiger partial charge in [-0.25, -0.2) is 24.5 Å². The molecule has 6 rings (SSSR count). The summed E-state index contributed by atoms with van der Waals surface area (Å²) in [5, 5.41) is 5.67. The predicted octanol–water partition coefficient (Wildman–Crippen LogP) is 2.35. The molecule has 14 nitrogen and oxygen atoms in total. The molecule has 14 heteroatoms. The maximum atomic E-state index is 13.6. The second-order valence-electron chi connectivity index (χ2n) is 11.0. The lowest BCUT2D eigenvalue weighted by Crippen LogP contribution is -2.37. The van der Waals surface area contributed by atoms with Crippen LogP contribution in [0.3, 0.4) is 0 Å². The van der Waals surface area contributed by atoms with Gasteiger partial charge in [-0.15, -0.1) is 0 Å². The smallest absolute Gasteiger partial charge is 0.407 e. The van der Waals surface area contributed by atoms with Crippen LogP contribution < -0.4 is 22.1 Å². The summed E-state index contributed by atoms with van der Waals surface area (Å²) < 4.78 is 46.6. The fourth-order valence-corrected chi connectivity index (χ4v) is 6.15. The zero-order valence-corrected chi connectivity index (χ0v) is 23.7. The number of nitrogens with one attached hydrogen (secondary N) is 2. The first-order valence-electron chi connectivity index (χ1n) is 15.6. The van der Waals surface area contributed by atoms with E-state index in [4.69, 9.17) is 25.9 Å². The number of imidazole rings is 2. The van der Waals surface area contributed by atoms with Crippen LogP contribution in [0.25, 0.3) is 22.2 Å². The molecule has 4 N–H and O–H groups in total. The highest BCUT2D eigenvalue weighted by Crippen LogP contribution is 2.52. The molecule has 42 heavy (non-hydrogen) atoms. The number of hydrogen-bond acceptors (Lipinski definition) is 9. The number of aromatic nitrogens is 6. The van der Waals surface area contributed by atoms with Gasteiger partial charge in [0.2, 0.25) is 5.91 Å². The van der Waals surface area contributed by atoms with Gasteiger partial charge in [0, 0.05) is 36.3 Å². The molecule has 4 aromatic rings. The van der Waals surface area contributed by atoms with E-state index in [0.29, 0.717) is 40.2 Å². The Bertz CT molecular complexity index is 1950. The molecule has 4 aromatic heterocycles. The number of alkyl carbamates (subject to hydrolysis) is 1. The van der Waals surface area contributed by atoms with Crippen molar-refractivity contribution in [1.82, 2.24) is 34.0 Å². The van der Waals surface area contributed by atoms with Gasteiger partial charge in [-0.2, -0.15) is 0 Å². The summed E-state index contributed by atoms with van der Waals surface area (Å²) in [5.41, 5.74) is 6.30.